The Labute approximate surface area is 118 Å². The van der Waals surface area contributed by atoms with Gasteiger partial charge in [-0.1, -0.05) is 51.0 Å². The molecule has 0 heterocycles. The summed E-state index contributed by atoms with van der Waals surface area (Å²) in [5, 5.41) is 3.73. The van der Waals surface area contributed by atoms with Gasteiger partial charge in [-0.05, 0) is 49.7 Å². The molecule has 106 valence electrons. The zero-order valence-corrected chi connectivity index (χ0v) is 12.9. The quantitative estimate of drug-likeness (QED) is 0.747. The van der Waals surface area contributed by atoms with Crippen LogP contribution < -0.4 is 5.32 Å². The summed E-state index contributed by atoms with van der Waals surface area (Å²) in [7, 11) is 0. The van der Waals surface area contributed by atoms with E-state index in [4.69, 9.17) is 0 Å². The molecule has 0 spiro atoms. The van der Waals surface area contributed by atoms with Gasteiger partial charge in [0, 0.05) is 12.1 Å². The first-order chi connectivity index (χ1) is 9.04. The van der Waals surface area contributed by atoms with Gasteiger partial charge in [0.25, 0.3) is 0 Å². The van der Waals surface area contributed by atoms with Crippen molar-refractivity contribution in [1.29, 1.82) is 0 Å². The maximum atomic E-state index is 3.73. The van der Waals surface area contributed by atoms with E-state index < -0.39 is 0 Å². The fourth-order valence-corrected chi connectivity index (χ4v) is 2.86. The molecule has 0 bridgehead atoms. The van der Waals surface area contributed by atoms with Crippen molar-refractivity contribution in [3.63, 3.8) is 0 Å². The summed E-state index contributed by atoms with van der Waals surface area (Å²) in [6.45, 7) is 9.15. The molecular weight excluding hydrogens is 230 g/mol. The van der Waals surface area contributed by atoms with Crippen LogP contribution in [0.2, 0.25) is 0 Å². The molecule has 0 aromatic heterocycles. The van der Waals surface area contributed by atoms with Crippen molar-refractivity contribution < 1.29 is 0 Å². The van der Waals surface area contributed by atoms with E-state index in [1.165, 1.54) is 36.8 Å². The van der Waals surface area contributed by atoms with Gasteiger partial charge in [0.05, 0.1) is 0 Å². The van der Waals surface area contributed by atoms with Crippen LogP contribution in [0.5, 0.6) is 0 Å². The van der Waals surface area contributed by atoms with Crippen LogP contribution in [0.15, 0.2) is 24.3 Å². The molecule has 2 atom stereocenters. The van der Waals surface area contributed by atoms with Crippen molar-refractivity contribution in [2.75, 3.05) is 0 Å². The monoisotopic (exact) mass is 259 g/mol. The second kappa shape index (κ2) is 6.56. The van der Waals surface area contributed by atoms with Crippen LogP contribution >= 0.6 is 0 Å². The molecule has 1 aliphatic rings. The van der Waals surface area contributed by atoms with E-state index in [-0.39, 0.29) is 0 Å². The molecule has 1 fully saturated rings. The maximum Gasteiger partial charge on any atom is 0.0294 e. The Kier molecular flexibility index (Phi) is 5.04. The molecule has 0 saturated heterocycles. The molecule has 2 rings (SSSR count). The third-order valence-electron chi connectivity index (χ3n) is 4.04. The van der Waals surface area contributed by atoms with E-state index >= 15 is 0 Å². The van der Waals surface area contributed by atoms with Gasteiger partial charge in [-0.15, -0.1) is 0 Å². The minimum atomic E-state index is 0.460. The number of hydrogen-bond acceptors (Lipinski definition) is 1. The zero-order chi connectivity index (χ0) is 13.8. The molecule has 2 unspecified atom stereocenters. The summed E-state index contributed by atoms with van der Waals surface area (Å²) in [5.74, 6) is 1.74. The molecule has 1 saturated carbocycles. The van der Waals surface area contributed by atoms with Crippen molar-refractivity contribution in [2.24, 2.45) is 11.8 Å². The summed E-state index contributed by atoms with van der Waals surface area (Å²) < 4.78 is 0. The predicted octanol–water partition coefficient (Wildman–Crippen LogP) is 4.72. The van der Waals surface area contributed by atoms with Crippen molar-refractivity contribution in [1.82, 2.24) is 5.32 Å². The first kappa shape index (κ1) is 14.6. The van der Waals surface area contributed by atoms with Crippen molar-refractivity contribution in [3.8, 4) is 0 Å². The van der Waals surface area contributed by atoms with Gasteiger partial charge in [0.15, 0.2) is 0 Å². The van der Waals surface area contributed by atoms with Gasteiger partial charge in [-0.2, -0.15) is 0 Å². The molecule has 0 amide bonds. The van der Waals surface area contributed by atoms with Crippen molar-refractivity contribution >= 4 is 0 Å². The Morgan fingerprint density at radius 2 is 1.68 bits per heavy atom. The lowest BCUT2D eigenvalue weighted by molar-refractivity contribution is 0.438. The Morgan fingerprint density at radius 1 is 1.05 bits per heavy atom. The third kappa shape index (κ3) is 4.99. The Bertz CT molecular complexity index is 375. The fourth-order valence-electron chi connectivity index (χ4n) is 2.86. The van der Waals surface area contributed by atoms with Crippen LogP contribution in [-0.2, 0) is 6.42 Å². The number of nitrogens with one attached hydrogen (secondary N) is 1. The predicted molar refractivity (Wildman–Crippen MR) is 83.3 cm³/mol. The molecule has 1 aliphatic carbocycles. The van der Waals surface area contributed by atoms with Gasteiger partial charge in [0.2, 0.25) is 0 Å². The summed E-state index contributed by atoms with van der Waals surface area (Å²) >= 11 is 0. The van der Waals surface area contributed by atoms with E-state index in [2.05, 4.69) is 57.3 Å². The van der Waals surface area contributed by atoms with E-state index in [0.29, 0.717) is 12.1 Å². The summed E-state index contributed by atoms with van der Waals surface area (Å²) in [4.78, 5) is 0. The average molecular weight is 259 g/mol. The van der Waals surface area contributed by atoms with Gasteiger partial charge >= 0.3 is 0 Å². The van der Waals surface area contributed by atoms with Crippen molar-refractivity contribution in [3.05, 3.63) is 35.4 Å². The molecule has 0 aliphatic heterocycles. The molecule has 1 aromatic rings. The average Bonchev–Trinajstić information content (AvgIpc) is 3.12. The molecular formula is C18H29N. The highest BCUT2D eigenvalue weighted by molar-refractivity contribution is 5.25. The summed E-state index contributed by atoms with van der Waals surface area (Å²) in [6.07, 6.45) is 5.42. The highest BCUT2D eigenvalue weighted by Gasteiger charge is 2.24. The first-order valence-electron chi connectivity index (χ1n) is 7.89. The number of hydrogen-bond donors (Lipinski definition) is 1. The minimum absolute atomic E-state index is 0.460. The van der Waals surface area contributed by atoms with Crippen LogP contribution in [0.4, 0.5) is 0 Å². The van der Waals surface area contributed by atoms with Crippen LogP contribution in [-0.4, -0.2) is 6.04 Å². The van der Waals surface area contributed by atoms with Crippen LogP contribution in [0, 0.1) is 11.8 Å². The Hall–Kier alpha value is -0.820. The van der Waals surface area contributed by atoms with Crippen LogP contribution in [0.3, 0.4) is 0 Å². The van der Waals surface area contributed by atoms with Gasteiger partial charge in [0.1, 0.15) is 0 Å². The SMILES string of the molecule is CC(C)Cc1ccc(C(C)NC(C)CC2CC2)cc1. The second-order valence-corrected chi connectivity index (χ2v) is 6.81. The largest absolute Gasteiger partial charge is 0.308 e. The third-order valence-corrected chi connectivity index (χ3v) is 4.04. The van der Waals surface area contributed by atoms with E-state index in [1.807, 2.05) is 0 Å². The molecule has 1 aromatic carbocycles. The van der Waals surface area contributed by atoms with E-state index in [1.54, 1.807) is 0 Å². The van der Waals surface area contributed by atoms with Gasteiger partial charge in [-0.3, -0.25) is 0 Å². The topological polar surface area (TPSA) is 12.0 Å². The highest BCUT2D eigenvalue weighted by Crippen LogP contribution is 2.33. The highest BCUT2D eigenvalue weighted by atomic mass is 14.9. The van der Waals surface area contributed by atoms with Crippen molar-refractivity contribution in [2.45, 2.75) is 65.5 Å². The molecule has 1 N–H and O–H groups in total. The number of rotatable bonds is 7. The standard InChI is InChI=1S/C18H29N/c1-13(2)11-16-7-9-18(10-8-16)15(4)19-14(3)12-17-5-6-17/h7-10,13-15,17,19H,5-6,11-12H2,1-4H3. The zero-order valence-electron chi connectivity index (χ0n) is 12.9. The molecule has 19 heavy (non-hydrogen) atoms. The fraction of sp³-hybridized carbons (Fsp3) is 0.667. The lowest BCUT2D eigenvalue weighted by Crippen LogP contribution is -2.29. The van der Waals surface area contributed by atoms with Crippen LogP contribution in [0.25, 0.3) is 0 Å². The van der Waals surface area contributed by atoms with Crippen LogP contribution in [0.1, 0.15) is 64.1 Å². The molecule has 1 nitrogen and oxygen atoms in total. The smallest absolute Gasteiger partial charge is 0.0294 e. The van der Waals surface area contributed by atoms with E-state index in [9.17, 15) is 0 Å². The number of benzene rings is 1. The molecule has 1 heteroatoms. The van der Waals surface area contributed by atoms with Gasteiger partial charge in [-0.25, -0.2) is 0 Å². The normalized spacial score (nSPS) is 18.6. The van der Waals surface area contributed by atoms with E-state index in [0.717, 1.165) is 11.8 Å². The lowest BCUT2D eigenvalue weighted by atomic mass is 9.99. The summed E-state index contributed by atoms with van der Waals surface area (Å²) in [5.41, 5.74) is 2.87. The second-order valence-electron chi connectivity index (χ2n) is 6.81. The Morgan fingerprint density at radius 3 is 2.21 bits per heavy atom. The summed E-state index contributed by atoms with van der Waals surface area (Å²) in [6, 6.07) is 10.3. The maximum absolute atomic E-state index is 3.73. The molecule has 0 radical (unpaired) electrons. The van der Waals surface area contributed by atoms with Gasteiger partial charge < -0.3 is 5.32 Å². The first-order valence-corrected chi connectivity index (χ1v) is 7.89. The lowest BCUT2D eigenvalue weighted by Gasteiger charge is -2.20. The Balaban J connectivity index is 1.85. The minimum Gasteiger partial charge on any atom is -0.308 e.